The standard InChI is InChI=1S/C9H17N3OS2/c1-4-13-5-7(6(2)3)10-8-11-12-9(14)15-8/h6-7H,4-5H2,1-3H3,(H,10,11)(H,12,14). The van der Waals surface area contributed by atoms with Gasteiger partial charge in [-0.1, -0.05) is 25.2 Å². The zero-order valence-corrected chi connectivity index (χ0v) is 10.9. The van der Waals surface area contributed by atoms with Crippen molar-refractivity contribution >= 4 is 28.7 Å². The lowest BCUT2D eigenvalue weighted by atomic mass is 10.1. The van der Waals surface area contributed by atoms with Crippen molar-refractivity contribution in [3.8, 4) is 0 Å². The van der Waals surface area contributed by atoms with Gasteiger partial charge in [0.25, 0.3) is 0 Å². The number of aromatic amines is 1. The SMILES string of the molecule is CCOCC(Nc1n[nH]c(=S)s1)C(C)C. The van der Waals surface area contributed by atoms with Gasteiger partial charge in [0.15, 0.2) is 3.95 Å². The van der Waals surface area contributed by atoms with Gasteiger partial charge >= 0.3 is 0 Å². The van der Waals surface area contributed by atoms with Crippen LogP contribution < -0.4 is 5.32 Å². The van der Waals surface area contributed by atoms with E-state index in [1.165, 1.54) is 11.3 Å². The van der Waals surface area contributed by atoms with E-state index in [9.17, 15) is 0 Å². The van der Waals surface area contributed by atoms with Gasteiger partial charge < -0.3 is 10.1 Å². The molecular formula is C9H17N3OS2. The summed E-state index contributed by atoms with van der Waals surface area (Å²) >= 11 is 6.42. The number of nitrogens with zero attached hydrogens (tertiary/aromatic N) is 1. The summed E-state index contributed by atoms with van der Waals surface area (Å²) in [6.07, 6.45) is 0. The van der Waals surface area contributed by atoms with Crippen molar-refractivity contribution in [2.75, 3.05) is 18.5 Å². The summed E-state index contributed by atoms with van der Waals surface area (Å²) < 4.78 is 6.11. The second-order valence-corrected chi connectivity index (χ2v) is 5.24. The fourth-order valence-corrected chi connectivity index (χ4v) is 1.95. The third-order valence-corrected chi connectivity index (χ3v) is 3.07. The molecule has 1 aromatic rings. The molecule has 0 spiro atoms. The van der Waals surface area contributed by atoms with Gasteiger partial charge in [-0.3, -0.25) is 5.10 Å². The van der Waals surface area contributed by atoms with Gasteiger partial charge in [0, 0.05) is 6.61 Å². The van der Waals surface area contributed by atoms with Crippen molar-refractivity contribution in [2.45, 2.75) is 26.8 Å². The Balaban J connectivity index is 2.54. The van der Waals surface area contributed by atoms with Crippen LogP contribution >= 0.6 is 23.6 Å². The van der Waals surface area contributed by atoms with Crippen LogP contribution in [-0.4, -0.2) is 29.5 Å². The number of aromatic nitrogens is 2. The number of ether oxygens (including phenoxy) is 1. The number of nitrogens with one attached hydrogen (secondary N) is 2. The van der Waals surface area contributed by atoms with Crippen LogP contribution in [0.5, 0.6) is 0 Å². The highest BCUT2D eigenvalue weighted by Crippen LogP contribution is 2.15. The summed E-state index contributed by atoms with van der Waals surface area (Å²) in [7, 11) is 0. The Morgan fingerprint density at radius 1 is 1.60 bits per heavy atom. The number of hydrogen-bond donors (Lipinski definition) is 2. The highest BCUT2D eigenvalue weighted by molar-refractivity contribution is 7.73. The average molecular weight is 247 g/mol. The average Bonchev–Trinajstić information content (AvgIpc) is 2.58. The van der Waals surface area contributed by atoms with Crippen molar-refractivity contribution in [1.29, 1.82) is 0 Å². The second kappa shape index (κ2) is 6.19. The third-order valence-electron chi connectivity index (χ3n) is 2.05. The van der Waals surface area contributed by atoms with Crippen molar-refractivity contribution in [2.24, 2.45) is 5.92 Å². The molecule has 0 aliphatic heterocycles. The minimum Gasteiger partial charge on any atom is -0.380 e. The molecule has 2 N–H and O–H groups in total. The summed E-state index contributed by atoms with van der Waals surface area (Å²) in [4.78, 5) is 0. The first kappa shape index (κ1) is 12.6. The van der Waals surface area contributed by atoms with Crippen LogP contribution in [0.1, 0.15) is 20.8 Å². The Bertz CT molecular complexity index is 334. The molecule has 4 nitrogen and oxygen atoms in total. The predicted octanol–water partition coefficient (Wildman–Crippen LogP) is 2.67. The second-order valence-electron chi connectivity index (χ2n) is 3.57. The molecule has 1 heterocycles. The predicted molar refractivity (Wildman–Crippen MR) is 66.0 cm³/mol. The molecule has 1 aromatic heterocycles. The number of rotatable bonds is 6. The molecule has 1 rings (SSSR count). The number of anilines is 1. The van der Waals surface area contributed by atoms with Crippen LogP contribution in [0.2, 0.25) is 0 Å². The quantitative estimate of drug-likeness (QED) is 0.759. The Morgan fingerprint density at radius 3 is 2.80 bits per heavy atom. The van der Waals surface area contributed by atoms with Gasteiger partial charge in [0.1, 0.15) is 0 Å². The number of H-pyrrole nitrogens is 1. The molecule has 0 saturated heterocycles. The molecule has 0 amide bonds. The van der Waals surface area contributed by atoms with Gasteiger partial charge in [0.2, 0.25) is 5.13 Å². The molecule has 0 fully saturated rings. The highest BCUT2D eigenvalue weighted by atomic mass is 32.1. The first-order valence-electron chi connectivity index (χ1n) is 5.03. The normalized spacial score (nSPS) is 13.1. The molecule has 0 radical (unpaired) electrons. The van der Waals surface area contributed by atoms with Crippen molar-refractivity contribution in [3.05, 3.63) is 3.95 Å². The molecule has 15 heavy (non-hydrogen) atoms. The first-order valence-corrected chi connectivity index (χ1v) is 6.25. The highest BCUT2D eigenvalue weighted by Gasteiger charge is 2.14. The third kappa shape index (κ3) is 4.27. The smallest absolute Gasteiger partial charge is 0.204 e. The van der Waals surface area contributed by atoms with E-state index in [2.05, 4.69) is 29.4 Å². The summed E-state index contributed by atoms with van der Waals surface area (Å²) in [5.74, 6) is 0.494. The van der Waals surface area contributed by atoms with E-state index >= 15 is 0 Å². The maximum absolute atomic E-state index is 5.41. The maximum atomic E-state index is 5.41. The van der Waals surface area contributed by atoms with E-state index in [0.717, 1.165) is 11.7 Å². The molecule has 86 valence electrons. The van der Waals surface area contributed by atoms with E-state index in [4.69, 9.17) is 17.0 Å². The van der Waals surface area contributed by atoms with E-state index < -0.39 is 0 Å². The van der Waals surface area contributed by atoms with Crippen molar-refractivity contribution in [1.82, 2.24) is 10.2 Å². The zero-order valence-electron chi connectivity index (χ0n) is 9.24. The molecular weight excluding hydrogens is 230 g/mol. The fourth-order valence-electron chi connectivity index (χ4n) is 1.10. The Hall–Kier alpha value is -0.460. The topological polar surface area (TPSA) is 49.9 Å². The summed E-state index contributed by atoms with van der Waals surface area (Å²) in [6, 6.07) is 0.277. The van der Waals surface area contributed by atoms with Crippen LogP contribution in [0, 0.1) is 9.87 Å². The fraction of sp³-hybridized carbons (Fsp3) is 0.778. The van der Waals surface area contributed by atoms with E-state index in [-0.39, 0.29) is 6.04 Å². The molecule has 0 aliphatic carbocycles. The summed E-state index contributed by atoms with van der Waals surface area (Å²) in [5, 5.41) is 11.0. The molecule has 6 heteroatoms. The Labute approximate surface area is 99.1 Å². The first-order chi connectivity index (χ1) is 7.13. The molecule has 0 aliphatic rings. The number of hydrogen-bond acceptors (Lipinski definition) is 5. The van der Waals surface area contributed by atoms with Gasteiger partial charge in [0.05, 0.1) is 12.6 Å². The zero-order chi connectivity index (χ0) is 11.3. The lowest BCUT2D eigenvalue weighted by Crippen LogP contribution is -2.30. The molecule has 1 atom stereocenters. The largest absolute Gasteiger partial charge is 0.380 e. The van der Waals surface area contributed by atoms with Crippen LogP contribution in [-0.2, 0) is 4.74 Å². The molecule has 0 aromatic carbocycles. The van der Waals surface area contributed by atoms with Gasteiger partial charge in [-0.25, -0.2) is 0 Å². The Kier molecular flexibility index (Phi) is 5.21. The van der Waals surface area contributed by atoms with E-state index in [1.54, 1.807) is 0 Å². The van der Waals surface area contributed by atoms with Gasteiger partial charge in [-0.15, -0.1) is 5.10 Å². The van der Waals surface area contributed by atoms with E-state index in [0.29, 0.717) is 16.5 Å². The van der Waals surface area contributed by atoms with Crippen LogP contribution in [0.15, 0.2) is 0 Å². The van der Waals surface area contributed by atoms with Crippen molar-refractivity contribution in [3.63, 3.8) is 0 Å². The summed E-state index contributed by atoms with van der Waals surface area (Å²) in [6.45, 7) is 7.74. The minimum atomic E-state index is 0.277. The van der Waals surface area contributed by atoms with Crippen LogP contribution in [0.25, 0.3) is 0 Å². The van der Waals surface area contributed by atoms with Crippen LogP contribution in [0.4, 0.5) is 5.13 Å². The summed E-state index contributed by atoms with van der Waals surface area (Å²) in [5.41, 5.74) is 0. The molecule has 0 bridgehead atoms. The van der Waals surface area contributed by atoms with Gasteiger partial charge in [-0.05, 0) is 25.1 Å². The molecule has 0 saturated carbocycles. The maximum Gasteiger partial charge on any atom is 0.204 e. The molecule has 1 unspecified atom stereocenters. The van der Waals surface area contributed by atoms with Crippen LogP contribution in [0.3, 0.4) is 0 Å². The monoisotopic (exact) mass is 247 g/mol. The lowest BCUT2D eigenvalue weighted by Gasteiger charge is -2.21. The van der Waals surface area contributed by atoms with Crippen molar-refractivity contribution < 1.29 is 4.74 Å². The lowest BCUT2D eigenvalue weighted by molar-refractivity contribution is 0.127. The minimum absolute atomic E-state index is 0.277. The Morgan fingerprint density at radius 2 is 2.33 bits per heavy atom. The van der Waals surface area contributed by atoms with E-state index in [1.807, 2.05) is 6.92 Å². The van der Waals surface area contributed by atoms with Gasteiger partial charge in [-0.2, -0.15) is 0 Å².